The van der Waals surface area contributed by atoms with Crippen LogP contribution in [0.15, 0.2) is 78.0 Å². The Hall–Kier alpha value is -3.43. The summed E-state index contributed by atoms with van der Waals surface area (Å²) in [5, 5.41) is 2.72. The summed E-state index contributed by atoms with van der Waals surface area (Å²) in [5.74, 6) is 1.46. The number of nitrogens with one attached hydrogen (secondary N) is 2. The van der Waals surface area contributed by atoms with Crippen LogP contribution in [0.3, 0.4) is 0 Å². The SMILES string of the molecule is COc1ccccc1Oc1ccc(NC(=O)CCNS(=O)(=O)c2cccnc2)cc1. The summed E-state index contributed by atoms with van der Waals surface area (Å²) in [6, 6.07) is 17.1. The summed E-state index contributed by atoms with van der Waals surface area (Å²) in [7, 11) is -2.12. The molecule has 1 aromatic heterocycles. The Morgan fingerprint density at radius 2 is 1.73 bits per heavy atom. The largest absolute Gasteiger partial charge is 0.493 e. The number of methoxy groups -OCH3 is 1. The van der Waals surface area contributed by atoms with Gasteiger partial charge in [0.2, 0.25) is 15.9 Å². The van der Waals surface area contributed by atoms with Crippen LogP contribution in [0.25, 0.3) is 0 Å². The number of pyridine rings is 1. The van der Waals surface area contributed by atoms with Crippen molar-refractivity contribution in [2.75, 3.05) is 19.0 Å². The number of aromatic nitrogens is 1. The van der Waals surface area contributed by atoms with Gasteiger partial charge in [0.1, 0.15) is 10.6 Å². The third-order valence-corrected chi connectivity index (χ3v) is 5.47. The lowest BCUT2D eigenvalue weighted by Gasteiger charge is -2.11. The van der Waals surface area contributed by atoms with Crippen LogP contribution in [0.2, 0.25) is 0 Å². The van der Waals surface area contributed by atoms with Gasteiger partial charge in [-0.05, 0) is 48.5 Å². The fraction of sp³-hybridized carbons (Fsp3) is 0.143. The molecule has 0 spiro atoms. The molecule has 0 unspecified atom stereocenters. The fourth-order valence-electron chi connectivity index (χ4n) is 2.55. The first kappa shape index (κ1) is 21.3. The van der Waals surface area contributed by atoms with Crippen LogP contribution in [0.5, 0.6) is 17.2 Å². The number of hydrogen-bond donors (Lipinski definition) is 2. The van der Waals surface area contributed by atoms with Gasteiger partial charge in [-0.2, -0.15) is 0 Å². The molecule has 156 valence electrons. The summed E-state index contributed by atoms with van der Waals surface area (Å²) in [6.45, 7) is -0.0297. The van der Waals surface area contributed by atoms with Crippen molar-refractivity contribution in [3.05, 3.63) is 73.1 Å². The molecule has 30 heavy (non-hydrogen) atoms. The molecule has 0 aliphatic heterocycles. The maximum absolute atomic E-state index is 12.1. The molecule has 0 aliphatic carbocycles. The number of carbonyl (C=O) groups is 1. The lowest BCUT2D eigenvalue weighted by atomic mass is 10.2. The molecule has 2 aromatic carbocycles. The quantitative estimate of drug-likeness (QED) is 0.543. The molecule has 3 aromatic rings. The summed E-state index contributed by atoms with van der Waals surface area (Å²) in [4.78, 5) is 15.9. The van der Waals surface area contributed by atoms with Crippen molar-refractivity contribution in [2.24, 2.45) is 0 Å². The van der Waals surface area contributed by atoms with Gasteiger partial charge < -0.3 is 14.8 Å². The normalized spacial score (nSPS) is 11.0. The Balaban J connectivity index is 1.50. The van der Waals surface area contributed by atoms with Gasteiger partial charge in [0.25, 0.3) is 0 Å². The van der Waals surface area contributed by atoms with Crippen molar-refractivity contribution in [2.45, 2.75) is 11.3 Å². The van der Waals surface area contributed by atoms with Crippen molar-refractivity contribution in [3.8, 4) is 17.2 Å². The maximum Gasteiger partial charge on any atom is 0.242 e. The van der Waals surface area contributed by atoms with Gasteiger partial charge in [-0.15, -0.1) is 0 Å². The molecule has 0 saturated heterocycles. The van der Waals surface area contributed by atoms with Gasteiger partial charge in [-0.25, -0.2) is 13.1 Å². The molecular weight excluding hydrogens is 406 g/mol. The van der Waals surface area contributed by atoms with Crippen LogP contribution >= 0.6 is 0 Å². The van der Waals surface area contributed by atoms with Crippen LogP contribution in [0.1, 0.15) is 6.42 Å². The maximum atomic E-state index is 12.1. The van der Waals surface area contributed by atoms with Crippen LogP contribution in [0, 0.1) is 0 Å². The van der Waals surface area contributed by atoms with Gasteiger partial charge >= 0.3 is 0 Å². The average molecular weight is 427 g/mol. The molecule has 8 nitrogen and oxygen atoms in total. The Bertz CT molecular complexity index is 1090. The smallest absolute Gasteiger partial charge is 0.242 e. The number of ether oxygens (including phenoxy) is 2. The van der Waals surface area contributed by atoms with E-state index in [0.717, 1.165) is 0 Å². The fourth-order valence-corrected chi connectivity index (χ4v) is 3.54. The van der Waals surface area contributed by atoms with Crippen LogP contribution in [0.4, 0.5) is 5.69 Å². The van der Waals surface area contributed by atoms with E-state index in [9.17, 15) is 13.2 Å². The second kappa shape index (κ2) is 9.86. The average Bonchev–Trinajstić information content (AvgIpc) is 2.76. The summed E-state index contributed by atoms with van der Waals surface area (Å²) < 4.78 is 37.6. The molecule has 0 aliphatic rings. The molecule has 0 saturated carbocycles. The molecule has 1 heterocycles. The van der Waals surface area contributed by atoms with E-state index in [1.54, 1.807) is 43.5 Å². The van der Waals surface area contributed by atoms with Gasteiger partial charge in [0.15, 0.2) is 11.5 Å². The Kier molecular flexibility index (Phi) is 6.99. The van der Waals surface area contributed by atoms with Crippen molar-refractivity contribution in [1.29, 1.82) is 0 Å². The number of benzene rings is 2. The van der Waals surface area contributed by atoms with E-state index in [2.05, 4.69) is 15.0 Å². The van der Waals surface area contributed by atoms with Crippen molar-refractivity contribution >= 4 is 21.6 Å². The zero-order valence-corrected chi connectivity index (χ0v) is 17.1. The highest BCUT2D eigenvalue weighted by molar-refractivity contribution is 7.89. The highest BCUT2D eigenvalue weighted by Gasteiger charge is 2.14. The summed E-state index contributed by atoms with van der Waals surface area (Å²) in [6.07, 6.45) is 2.72. The van der Waals surface area contributed by atoms with E-state index in [1.165, 1.54) is 24.5 Å². The summed E-state index contributed by atoms with van der Waals surface area (Å²) >= 11 is 0. The number of carbonyl (C=O) groups excluding carboxylic acids is 1. The predicted molar refractivity (Wildman–Crippen MR) is 112 cm³/mol. The van der Waals surface area contributed by atoms with Crippen molar-refractivity contribution in [1.82, 2.24) is 9.71 Å². The van der Waals surface area contributed by atoms with Crippen LogP contribution < -0.4 is 19.5 Å². The Morgan fingerprint density at radius 1 is 1.00 bits per heavy atom. The zero-order chi connectivity index (χ0) is 21.4. The van der Waals surface area contributed by atoms with E-state index in [4.69, 9.17) is 9.47 Å². The highest BCUT2D eigenvalue weighted by Crippen LogP contribution is 2.31. The summed E-state index contributed by atoms with van der Waals surface area (Å²) in [5.41, 5.74) is 0.572. The topological polar surface area (TPSA) is 107 Å². The van der Waals surface area contributed by atoms with E-state index < -0.39 is 10.0 Å². The number of nitrogens with zero attached hydrogens (tertiary/aromatic N) is 1. The molecule has 0 fully saturated rings. The molecule has 9 heteroatoms. The molecule has 0 radical (unpaired) electrons. The number of anilines is 1. The van der Waals surface area contributed by atoms with Crippen molar-refractivity contribution in [3.63, 3.8) is 0 Å². The number of rotatable bonds is 9. The van der Waals surface area contributed by atoms with E-state index in [1.807, 2.05) is 12.1 Å². The first-order valence-corrected chi connectivity index (χ1v) is 10.6. The molecule has 0 atom stereocenters. The molecule has 0 bridgehead atoms. The minimum Gasteiger partial charge on any atom is -0.493 e. The third-order valence-electron chi connectivity index (χ3n) is 4.02. The van der Waals surface area contributed by atoms with E-state index >= 15 is 0 Å². The van der Waals surface area contributed by atoms with E-state index in [-0.39, 0.29) is 23.8 Å². The predicted octanol–water partition coefficient (Wildman–Crippen LogP) is 3.19. The number of amides is 1. The van der Waals surface area contributed by atoms with Crippen LogP contribution in [-0.2, 0) is 14.8 Å². The first-order valence-electron chi connectivity index (χ1n) is 9.08. The Morgan fingerprint density at radius 3 is 2.40 bits per heavy atom. The van der Waals surface area contributed by atoms with Gasteiger partial charge in [-0.1, -0.05) is 12.1 Å². The molecule has 1 amide bonds. The van der Waals surface area contributed by atoms with Gasteiger partial charge in [-0.3, -0.25) is 9.78 Å². The van der Waals surface area contributed by atoms with Crippen molar-refractivity contribution < 1.29 is 22.7 Å². The second-order valence-electron chi connectivity index (χ2n) is 6.16. The standard InChI is InChI=1S/C21H21N3O5S/c1-28-19-6-2-3-7-20(19)29-17-10-8-16(9-11-17)24-21(25)12-14-23-30(26,27)18-5-4-13-22-15-18/h2-11,13,15,23H,12,14H2,1H3,(H,24,25). The van der Waals surface area contributed by atoms with Gasteiger partial charge in [0.05, 0.1) is 7.11 Å². The molecular formula is C21H21N3O5S. The minimum atomic E-state index is -3.69. The third kappa shape index (κ3) is 5.79. The number of hydrogen-bond acceptors (Lipinski definition) is 6. The number of sulfonamides is 1. The minimum absolute atomic E-state index is 0.0149. The Labute approximate surface area is 174 Å². The molecule has 3 rings (SSSR count). The monoisotopic (exact) mass is 427 g/mol. The van der Waals surface area contributed by atoms with E-state index in [0.29, 0.717) is 22.9 Å². The van der Waals surface area contributed by atoms with Gasteiger partial charge in [0, 0.05) is 31.0 Å². The highest BCUT2D eigenvalue weighted by atomic mass is 32.2. The molecule has 2 N–H and O–H groups in total. The lowest BCUT2D eigenvalue weighted by molar-refractivity contribution is -0.116. The van der Waals surface area contributed by atoms with Crippen LogP contribution in [-0.4, -0.2) is 33.0 Å². The number of para-hydroxylation sites is 2. The second-order valence-corrected chi connectivity index (χ2v) is 7.93. The lowest BCUT2D eigenvalue weighted by Crippen LogP contribution is -2.27. The first-order chi connectivity index (χ1) is 14.5. The zero-order valence-electron chi connectivity index (χ0n) is 16.2.